The maximum absolute atomic E-state index is 10.3. The predicted octanol–water partition coefficient (Wildman–Crippen LogP) is 4.52. The highest BCUT2D eigenvalue weighted by molar-refractivity contribution is 5.56. The lowest BCUT2D eigenvalue weighted by Crippen LogP contribution is -2.24. The SMILES string of the molecule is COc1ccc2c(c1)O[C@H]1c3ccc(O)c(CC=C(C)C)c3OC[C@@H]21. The van der Waals surface area contributed by atoms with Gasteiger partial charge in [0.15, 0.2) is 0 Å². The first kappa shape index (κ1) is 15.9. The van der Waals surface area contributed by atoms with Gasteiger partial charge in [-0.2, -0.15) is 0 Å². The molecule has 0 fully saturated rings. The summed E-state index contributed by atoms with van der Waals surface area (Å²) < 4.78 is 17.6. The number of benzene rings is 2. The van der Waals surface area contributed by atoms with Gasteiger partial charge in [0.2, 0.25) is 0 Å². The van der Waals surface area contributed by atoms with Crippen LogP contribution in [-0.4, -0.2) is 18.8 Å². The first-order valence-corrected chi connectivity index (χ1v) is 8.54. The second-order valence-corrected chi connectivity index (χ2v) is 6.83. The first-order valence-electron chi connectivity index (χ1n) is 8.54. The average molecular weight is 338 g/mol. The van der Waals surface area contributed by atoms with Crippen molar-refractivity contribution >= 4 is 0 Å². The second kappa shape index (κ2) is 6.03. The molecule has 2 atom stereocenters. The number of hydrogen-bond acceptors (Lipinski definition) is 4. The number of ether oxygens (including phenoxy) is 3. The van der Waals surface area contributed by atoms with Gasteiger partial charge < -0.3 is 19.3 Å². The Morgan fingerprint density at radius 3 is 2.80 bits per heavy atom. The molecule has 0 saturated carbocycles. The fraction of sp³-hybridized carbons (Fsp3) is 0.333. The molecule has 2 aliphatic rings. The zero-order valence-electron chi connectivity index (χ0n) is 14.7. The Morgan fingerprint density at radius 2 is 2.04 bits per heavy atom. The molecular weight excluding hydrogens is 316 g/mol. The van der Waals surface area contributed by atoms with Crippen LogP contribution in [0.3, 0.4) is 0 Å². The Kier molecular flexibility index (Phi) is 3.83. The fourth-order valence-electron chi connectivity index (χ4n) is 3.60. The van der Waals surface area contributed by atoms with Gasteiger partial charge in [0, 0.05) is 22.8 Å². The Bertz CT molecular complexity index is 849. The molecular formula is C21H22O4. The van der Waals surface area contributed by atoms with E-state index < -0.39 is 0 Å². The number of aromatic hydroxyl groups is 1. The van der Waals surface area contributed by atoms with Crippen LogP contribution in [0.2, 0.25) is 0 Å². The average Bonchev–Trinajstić information content (AvgIpc) is 2.98. The van der Waals surface area contributed by atoms with Crippen molar-refractivity contribution in [1.82, 2.24) is 0 Å². The van der Waals surface area contributed by atoms with Gasteiger partial charge >= 0.3 is 0 Å². The smallest absolute Gasteiger partial charge is 0.138 e. The Morgan fingerprint density at radius 1 is 1.24 bits per heavy atom. The van der Waals surface area contributed by atoms with Crippen molar-refractivity contribution in [3.05, 3.63) is 58.7 Å². The lowest BCUT2D eigenvalue weighted by atomic mass is 9.87. The molecule has 0 aromatic heterocycles. The van der Waals surface area contributed by atoms with E-state index in [2.05, 4.69) is 12.1 Å². The van der Waals surface area contributed by atoms with Crippen molar-refractivity contribution in [3.63, 3.8) is 0 Å². The van der Waals surface area contributed by atoms with E-state index in [0.717, 1.165) is 33.9 Å². The third-order valence-electron chi connectivity index (χ3n) is 4.93. The van der Waals surface area contributed by atoms with E-state index in [0.29, 0.717) is 13.0 Å². The van der Waals surface area contributed by atoms with E-state index in [1.54, 1.807) is 13.2 Å². The maximum Gasteiger partial charge on any atom is 0.138 e. The monoisotopic (exact) mass is 338 g/mol. The van der Waals surface area contributed by atoms with Crippen LogP contribution in [0.4, 0.5) is 0 Å². The molecule has 0 radical (unpaired) electrons. The number of phenols is 1. The summed E-state index contributed by atoms with van der Waals surface area (Å²) in [5, 5.41) is 10.3. The molecule has 0 spiro atoms. The number of fused-ring (bicyclic) bond motifs is 5. The molecule has 4 rings (SSSR count). The molecule has 4 heteroatoms. The van der Waals surface area contributed by atoms with Crippen LogP contribution >= 0.6 is 0 Å². The van der Waals surface area contributed by atoms with Crippen molar-refractivity contribution in [3.8, 4) is 23.0 Å². The van der Waals surface area contributed by atoms with E-state index in [9.17, 15) is 5.11 Å². The highest BCUT2D eigenvalue weighted by Crippen LogP contribution is 2.53. The zero-order chi connectivity index (χ0) is 17.6. The number of hydrogen-bond donors (Lipinski definition) is 1. The Hall–Kier alpha value is -2.62. The molecule has 2 heterocycles. The molecule has 0 unspecified atom stereocenters. The van der Waals surface area contributed by atoms with Crippen LogP contribution in [0.25, 0.3) is 0 Å². The van der Waals surface area contributed by atoms with Gasteiger partial charge in [-0.05, 0) is 38.5 Å². The van der Waals surface area contributed by atoms with Crippen LogP contribution in [0.15, 0.2) is 42.0 Å². The number of methoxy groups -OCH3 is 1. The number of rotatable bonds is 3. The molecule has 2 aromatic carbocycles. The van der Waals surface area contributed by atoms with Crippen LogP contribution in [0.1, 0.15) is 42.6 Å². The molecule has 0 aliphatic carbocycles. The van der Waals surface area contributed by atoms with Crippen LogP contribution in [-0.2, 0) is 6.42 Å². The van der Waals surface area contributed by atoms with Crippen molar-refractivity contribution in [2.45, 2.75) is 32.3 Å². The van der Waals surface area contributed by atoms with E-state index >= 15 is 0 Å². The summed E-state index contributed by atoms with van der Waals surface area (Å²) in [4.78, 5) is 0. The maximum atomic E-state index is 10.3. The van der Waals surface area contributed by atoms with E-state index in [1.807, 2.05) is 32.0 Å². The Balaban J connectivity index is 1.74. The van der Waals surface area contributed by atoms with Gasteiger partial charge in [-0.25, -0.2) is 0 Å². The van der Waals surface area contributed by atoms with Gasteiger partial charge in [0.25, 0.3) is 0 Å². The summed E-state index contributed by atoms with van der Waals surface area (Å²) >= 11 is 0. The van der Waals surface area contributed by atoms with Crippen molar-refractivity contribution in [2.24, 2.45) is 0 Å². The van der Waals surface area contributed by atoms with Crippen molar-refractivity contribution < 1.29 is 19.3 Å². The zero-order valence-corrected chi connectivity index (χ0v) is 14.7. The molecule has 0 saturated heterocycles. The van der Waals surface area contributed by atoms with E-state index in [4.69, 9.17) is 14.2 Å². The summed E-state index contributed by atoms with van der Waals surface area (Å²) in [7, 11) is 1.65. The van der Waals surface area contributed by atoms with Gasteiger partial charge in [0.05, 0.1) is 19.6 Å². The van der Waals surface area contributed by atoms with Gasteiger partial charge in [0.1, 0.15) is 29.1 Å². The third kappa shape index (κ3) is 2.62. The highest BCUT2D eigenvalue weighted by atomic mass is 16.5. The van der Waals surface area contributed by atoms with Crippen molar-refractivity contribution in [1.29, 1.82) is 0 Å². The second-order valence-electron chi connectivity index (χ2n) is 6.83. The van der Waals surface area contributed by atoms with Crippen molar-refractivity contribution in [2.75, 3.05) is 13.7 Å². The largest absolute Gasteiger partial charge is 0.508 e. The van der Waals surface area contributed by atoms with Gasteiger partial charge in [-0.3, -0.25) is 0 Å². The van der Waals surface area contributed by atoms with Crippen LogP contribution in [0.5, 0.6) is 23.0 Å². The van der Waals surface area contributed by atoms with Gasteiger partial charge in [-0.1, -0.05) is 17.7 Å². The molecule has 0 amide bonds. The summed E-state index contributed by atoms with van der Waals surface area (Å²) in [5.74, 6) is 2.83. The summed E-state index contributed by atoms with van der Waals surface area (Å²) in [6, 6.07) is 9.59. The topological polar surface area (TPSA) is 47.9 Å². The molecule has 130 valence electrons. The highest BCUT2D eigenvalue weighted by Gasteiger charge is 2.41. The lowest BCUT2D eigenvalue weighted by molar-refractivity contribution is 0.138. The minimum atomic E-state index is -0.0862. The standard InChI is InChI=1S/C21H22O4/c1-12(2)4-6-15-18(22)9-8-16-20(15)24-11-17-14-7-5-13(23-3)10-19(14)25-21(16)17/h4-5,7-10,17,21-22H,6,11H2,1-3H3/t17-,21-/m0/s1. The first-order chi connectivity index (χ1) is 12.1. The van der Waals surface area contributed by atoms with Crippen LogP contribution < -0.4 is 14.2 Å². The number of allylic oxidation sites excluding steroid dienone is 2. The molecule has 1 N–H and O–H groups in total. The van der Waals surface area contributed by atoms with Crippen LogP contribution in [0, 0.1) is 0 Å². The summed E-state index contributed by atoms with van der Waals surface area (Å²) in [6.07, 6.45) is 2.66. The Labute approximate surface area is 147 Å². The molecule has 2 aromatic rings. The van der Waals surface area contributed by atoms with E-state index in [-0.39, 0.29) is 17.8 Å². The number of phenolic OH excluding ortho intramolecular Hbond substituents is 1. The summed E-state index contributed by atoms with van der Waals surface area (Å²) in [5.41, 5.74) is 4.19. The minimum absolute atomic E-state index is 0.0862. The normalized spacial score (nSPS) is 19.8. The van der Waals surface area contributed by atoms with E-state index in [1.165, 1.54) is 5.57 Å². The molecule has 2 aliphatic heterocycles. The fourth-order valence-corrected chi connectivity index (χ4v) is 3.60. The minimum Gasteiger partial charge on any atom is -0.508 e. The molecule has 4 nitrogen and oxygen atoms in total. The lowest BCUT2D eigenvalue weighted by Gasteiger charge is -2.29. The molecule has 0 bridgehead atoms. The third-order valence-corrected chi connectivity index (χ3v) is 4.93. The quantitative estimate of drug-likeness (QED) is 0.836. The van der Waals surface area contributed by atoms with Gasteiger partial charge in [-0.15, -0.1) is 0 Å². The summed E-state index contributed by atoms with van der Waals surface area (Å²) in [6.45, 7) is 4.64. The predicted molar refractivity (Wildman–Crippen MR) is 95.8 cm³/mol. The molecule has 25 heavy (non-hydrogen) atoms.